The molecule has 0 spiro atoms. The molecule has 0 radical (unpaired) electrons. The van der Waals surface area contributed by atoms with Crippen molar-refractivity contribution in [1.29, 1.82) is 0 Å². The van der Waals surface area contributed by atoms with E-state index in [1.807, 2.05) is 0 Å². The zero-order valence-electron chi connectivity index (χ0n) is 10.1. The van der Waals surface area contributed by atoms with Crippen LogP contribution in [0.15, 0.2) is 23.1 Å². The Bertz CT molecular complexity index is 565. The highest BCUT2D eigenvalue weighted by atomic mass is 32.2. The first-order valence-electron chi connectivity index (χ1n) is 5.71. The summed E-state index contributed by atoms with van der Waals surface area (Å²) < 4.78 is 57.0. The van der Waals surface area contributed by atoms with E-state index in [9.17, 15) is 17.2 Å². The average molecular weight is 292 g/mol. The molecule has 19 heavy (non-hydrogen) atoms. The van der Waals surface area contributed by atoms with Crippen LogP contribution in [-0.2, 0) is 14.8 Å². The molecule has 8 heteroatoms. The summed E-state index contributed by atoms with van der Waals surface area (Å²) in [5, 5.41) is 0. The van der Waals surface area contributed by atoms with Gasteiger partial charge in [-0.25, -0.2) is 17.2 Å². The van der Waals surface area contributed by atoms with E-state index < -0.39 is 27.7 Å². The van der Waals surface area contributed by atoms with Crippen molar-refractivity contribution in [1.82, 2.24) is 4.31 Å². The minimum Gasteiger partial charge on any atom is -0.378 e. The molecule has 2 N–H and O–H groups in total. The fourth-order valence-electron chi connectivity index (χ4n) is 1.91. The van der Waals surface area contributed by atoms with Crippen molar-refractivity contribution in [2.45, 2.75) is 10.9 Å². The molecule has 1 aromatic carbocycles. The number of benzene rings is 1. The molecular weight excluding hydrogens is 278 g/mol. The van der Waals surface area contributed by atoms with Gasteiger partial charge < -0.3 is 10.5 Å². The lowest BCUT2D eigenvalue weighted by molar-refractivity contribution is 0.0358. The zero-order chi connectivity index (χ0) is 14.0. The molecule has 0 aliphatic carbocycles. The largest absolute Gasteiger partial charge is 0.378 e. The number of nitrogens with zero attached hydrogens (tertiary/aromatic N) is 1. The van der Waals surface area contributed by atoms with Gasteiger partial charge >= 0.3 is 0 Å². The normalized spacial score (nSPS) is 21.5. The molecule has 1 atom stereocenters. The predicted molar refractivity (Wildman–Crippen MR) is 63.9 cm³/mol. The van der Waals surface area contributed by atoms with E-state index in [1.165, 1.54) is 4.31 Å². The van der Waals surface area contributed by atoms with E-state index in [2.05, 4.69) is 0 Å². The molecule has 1 fully saturated rings. The summed E-state index contributed by atoms with van der Waals surface area (Å²) in [7, 11) is -3.90. The lowest BCUT2D eigenvalue weighted by Gasteiger charge is -2.33. The Hall–Kier alpha value is -1.09. The van der Waals surface area contributed by atoms with Gasteiger partial charge in [-0.3, -0.25) is 0 Å². The maximum atomic E-state index is 13.1. The number of hydrogen-bond acceptors (Lipinski definition) is 4. The number of rotatable bonds is 3. The second-order valence-electron chi connectivity index (χ2n) is 4.16. The molecule has 1 saturated heterocycles. The average Bonchev–Trinajstić information content (AvgIpc) is 2.41. The summed E-state index contributed by atoms with van der Waals surface area (Å²) in [5.74, 6) is -2.28. The van der Waals surface area contributed by atoms with Gasteiger partial charge in [0.25, 0.3) is 0 Å². The number of nitrogens with two attached hydrogens (primary N) is 1. The highest BCUT2D eigenvalue weighted by Gasteiger charge is 2.33. The molecular formula is C11H14F2N2O3S. The van der Waals surface area contributed by atoms with Gasteiger partial charge in [-0.05, 0) is 18.2 Å². The molecule has 0 aromatic heterocycles. The van der Waals surface area contributed by atoms with Crippen LogP contribution in [0, 0.1) is 11.6 Å². The van der Waals surface area contributed by atoms with Crippen LogP contribution in [0.3, 0.4) is 0 Å². The number of halogens is 2. The second-order valence-corrected chi connectivity index (χ2v) is 6.05. The Balaban J connectivity index is 2.37. The molecule has 0 bridgehead atoms. The lowest BCUT2D eigenvalue weighted by atomic mass is 10.3. The van der Waals surface area contributed by atoms with Crippen LogP contribution in [0.1, 0.15) is 0 Å². The topological polar surface area (TPSA) is 72.6 Å². The van der Waals surface area contributed by atoms with Crippen LogP contribution in [0.2, 0.25) is 0 Å². The van der Waals surface area contributed by atoms with Crippen molar-refractivity contribution < 1.29 is 21.9 Å². The Morgan fingerprint density at radius 3 is 2.74 bits per heavy atom. The summed E-state index contributed by atoms with van der Waals surface area (Å²) in [4.78, 5) is -0.285. The molecule has 2 rings (SSSR count). The molecule has 106 valence electrons. The third-order valence-corrected chi connectivity index (χ3v) is 4.89. The third kappa shape index (κ3) is 2.76. The van der Waals surface area contributed by atoms with E-state index in [0.717, 1.165) is 12.1 Å². The van der Waals surface area contributed by atoms with Crippen molar-refractivity contribution in [2.24, 2.45) is 5.73 Å². The molecule has 5 nitrogen and oxygen atoms in total. The summed E-state index contributed by atoms with van der Waals surface area (Å²) >= 11 is 0. The minimum atomic E-state index is -3.90. The Labute approximate surface area is 110 Å². The predicted octanol–water partition coefficient (Wildman–Crippen LogP) is 0.313. The van der Waals surface area contributed by atoms with E-state index in [4.69, 9.17) is 10.5 Å². The van der Waals surface area contributed by atoms with Gasteiger partial charge in [-0.15, -0.1) is 0 Å². The van der Waals surface area contributed by atoms with Gasteiger partial charge in [0.15, 0.2) is 11.6 Å². The molecule has 1 aliphatic rings. The first-order valence-corrected chi connectivity index (χ1v) is 7.15. The fraction of sp³-hybridized carbons (Fsp3) is 0.455. The van der Waals surface area contributed by atoms with Gasteiger partial charge in [0.05, 0.1) is 24.2 Å². The Morgan fingerprint density at radius 2 is 2.11 bits per heavy atom. The maximum absolute atomic E-state index is 13.1. The second kappa shape index (κ2) is 5.49. The molecule has 1 aliphatic heterocycles. The van der Waals surface area contributed by atoms with Crippen LogP contribution in [0.4, 0.5) is 8.78 Å². The smallest absolute Gasteiger partial charge is 0.243 e. The van der Waals surface area contributed by atoms with Crippen molar-refractivity contribution in [3.63, 3.8) is 0 Å². The number of hydrogen-bond donors (Lipinski definition) is 1. The van der Waals surface area contributed by atoms with Gasteiger partial charge in [-0.1, -0.05) is 0 Å². The fourth-order valence-corrected chi connectivity index (χ4v) is 3.53. The highest BCUT2D eigenvalue weighted by molar-refractivity contribution is 7.89. The van der Waals surface area contributed by atoms with Crippen LogP contribution >= 0.6 is 0 Å². The van der Waals surface area contributed by atoms with Crippen LogP contribution in [0.5, 0.6) is 0 Å². The lowest BCUT2D eigenvalue weighted by Crippen LogP contribution is -2.51. The standard InChI is InChI=1S/C11H14F2N2O3S/c12-10-2-1-9(5-11(10)13)19(16,17)15-3-4-18-7-8(15)6-14/h1-2,5,8H,3-4,6-7,14H2. The minimum absolute atomic E-state index is 0.100. The Morgan fingerprint density at radius 1 is 1.37 bits per heavy atom. The van der Waals surface area contributed by atoms with Crippen molar-refractivity contribution in [2.75, 3.05) is 26.3 Å². The van der Waals surface area contributed by atoms with Crippen LogP contribution in [0.25, 0.3) is 0 Å². The first-order chi connectivity index (χ1) is 8.96. The van der Waals surface area contributed by atoms with Crippen LogP contribution in [-0.4, -0.2) is 45.1 Å². The monoisotopic (exact) mass is 292 g/mol. The molecule has 1 heterocycles. The number of ether oxygens (including phenoxy) is 1. The number of sulfonamides is 1. The van der Waals surface area contributed by atoms with Crippen molar-refractivity contribution in [3.8, 4) is 0 Å². The van der Waals surface area contributed by atoms with E-state index in [-0.39, 0.29) is 31.2 Å². The summed E-state index contributed by atoms with van der Waals surface area (Å²) in [5.41, 5.74) is 5.50. The zero-order valence-corrected chi connectivity index (χ0v) is 10.9. The number of morpholine rings is 1. The Kier molecular flexibility index (Phi) is 4.14. The summed E-state index contributed by atoms with van der Waals surface area (Å²) in [6.45, 7) is 0.685. The SMILES string of the molecule is NCC1COCCN1S(=O)(=O)c1ccc(F)c(F)c1. The van der Waals surface area contributed by atoms with Gasteiger partial charge in [0.2, 0.25) is 10.0 Å². The third-order valence-electron chi connectivity index (χ3n) is 2.94. The van der Waals surface area contributed by atoms with E-state index in [0.29, 0.717) is 6.07 Å². The summed E-state index contributed by atoms with van der Waals surface area (Å²) in [6.07, 6.45) is 0. The van der Waals surface area contributed by atoms with Crippen molar-refractivity contribution in [3.05, 3.63) is 29.8 Å². The maximum Gasteiger partial charge on any atom is 0.243 e. The van der Waals surface area contributed by atoms with Crippen LogP contribution < -0.4 is 5.73 Å². The van der Waals surface area contributed by atoms with E-state index in [1.54, 1.807) is 0 Å². The molecule has 1 unspecified atom stereocenters. The van der Waals surface area contributed by atoms with Gasteiger partial charge in [0, 0.05) is 13.1 Å². The van der Waals surface area contributed by atoms with Gasteiger partial charge in [-0.2, -0.15) is 4.31 Å². The molecule has 0 amide bonds. The van der Waals surface area contributed by atoms with Gasteiger partial charge in [0.1, 0.15) is 0 Å². The molecule has 1 aromatic rings. The first kappa shape index (κ1) is 14.3. The van der Waals surface area contributed by atoms with E-state index >= 15 is 0 Å². The summed E-state index contributed by atoms with van der Waals surface area (Å²) in [6, 6.07) is 2.01. The van der Waals surface area contributed by atoms with Crippen molar-refractivity contribution >= 4 is 10.0 Å². The quantitative estimate of drug-likeness (QED) is 0.870. The molecule has 0 saturated carbocycles. The highest BCUT2D eigenvalue weighted by Crippen LogP contribution is 2.21.